The summed E-state index contributed by atoms with van der Waals surface area (Å²) in [5, 5.41) is 8.53. The maximum atomic E-state index is 13.1. The highest BCUT2D eigenvalue weighted by Crippen LogP contribution is 2.71. The maximum Gasteiger partial charge on any atom is 0.365 e. The monoisotopic (exact) mass is 590 g/mol. The summed E-state index contributed by atoms with van der Waals surface area (Å²) in [6.07, 6.45) is 0. The molecule has 39 heavy (non-hydrogen) atoms. The van der Waals surface area contributed by atoms with Crippen LogP contribution in [0.3, 0.4) is 0 Å². The van der Waals surface area contributed by atoms with Gasteiger partial charge < -0.3 is 4.74 Å². The normalized spacial score (nSPS) is 19.2. The largest absolute Gasteiger partial charge is 0.461 e. The summed E-state index contributed by atoms with van der Waals surface area (Å²) in [6.45, 7) is 4.13. The first-order valence-electron chi connectivity index (χ1n) is 12.5. The SMILES string of the molecule is CCOC(=O)C1=NN(c2ccc(C)cc2)[C@]2(S1)SC(c1ccc(Cl)cc1)(c1ccc(Cl)cc1)c1ccccc12. The highest BCUT2D eigenvalue weighted by atomic mass is 35.5. The van der Waals surface area contributed by atoms with Crippen LogP contribution < -0.4 is 5.01 Å². The van der Waals surface area contributed by atoms with Gasteiger partial charge in [-0.25, -0.2) is 9.80 Å². The third-order valence-corrected chi connectivity index (χ3v) is 10.7. The number of nitrogens with zero attached hydrogens (tertiary/aromatic N) is 2. The van der Waals surface area contributed by atoms with Gasteiger partial charge in [-0.2, -0.15) is 5.10 Å². The number of anilines is 1. The molecular weight excluding hydrogens is 567 g/mol. The van der Waals surface area contributed by atoms with Crippen molar-refractivity contribution in [1.29, 1.82) is 0 Å². The molecule has 4 aromatic carbocycles. The van der Waals surface area contributed by atoms with Crippen molar-refractivity contribution in [2.75, 3.05) is 11.6 Å². The van der Waals surface area contributed by atoms with E-state index in [0.717, 1.165) is 33.5 Å². The van der Waals surface area contributed by atoms with Crippen molar-refractivity contribution in [2.24, 2.45) is 5.10 Å². The summed E-state index contributed by atoms with van der Waals surface area (Å²) >= 11 is 15.9. The van der Waals surface area contributed by atoms with E-state index in [-0.39, 0.29) is 6.61 Å². The second-order valence-electron chi connectivity index (χ2n) is 9.30. The van der Waals surface area contributed by atoms with Gasteiger partial charge in [0.2, 0.25) is 5.04 Å². The molecular formula is C31H24Cl2N2O2S2. The molecule has 2 aliphatic rings. The molecule has 0 radical (unpaired) electrons. The molecule has 0 saturated carbocycles. The molecule has 0 bridgehead atoms. The third-order valence-electron chi connectivity index (χ3n) is 6.87. The Morgan fingerprint density at radius 1 is 0.846 bits per heavy atom. The van der Waals surface area contributed by atoms with Crippen molar-refractivity contribution in [3.8, 4) is 0 Å². The van der Waals surface area contributed by atoms with Gasteiger partial charge in [-0.1, -0.05) is 113 Å². The minimum Gasteiger partial charge on any atom is -0.461 e. The summed E-state index contributed by atoms with van der Waals surface area (Å²) < 4.78 is 3.99. The minimum absolute atomic E-state index is 0.277. The minimum atomic E-state index is -0.785. The van der Waals surface area contributed by atoms with Crippen LogP contribution in [0.2, 0.25) is 10.0 Å². The van der Waals surface area contributed by atoms with Crippen molar-refractivity contribution in [1.82, 2.24) is 0 Å². The Kier molecular flexibility index (Phi) is 6.92. The van der Waals surface area contributed by atoms with Crippen LogP contribution in [0.1, 0.15) is 34.7 Å². The first-order valence-corrected chi connectivity index (χ1v) is 14.9. The predicted octanol–water partition coefficient (Wildman–Crippen LogP) is 8.58. The molecule has 6 rings (SSSR count). The number of ether oxygens (including phenoxy) is 1. The maximum absolute atomic E-state index is 13.1. The van der Waals surface area contributed by atoms with Gasteiger partial charge in [0.05, 0.1) is 17.0 Å². The van der Waals surface area contributed by atoms with E-state index in [1.54, 1.807) is 18.7 Å². The molecule has 0 N–H and O–H groups in total. The number of carbonyl (C=O) groups excluding carboxylic acids is 1. The molecule has 2 aliphatic heterocycles. The number of benzene rings is 4. The number of hydrogen-bond donors (Lipinski definition) is 0. The number of thioether (sulfide) groups is 2. The van der Waals surface area contributed by atoms with E-state index in [1.807, 2.05) is 47.5 Å². The van der Waals surface area contributed by atoms with Crippen LogP contribution in [0.4, 0.5) is 5.69 Å². The topological polar surface area (TPSA) is 41.9 Å². The highest BCUT2D eigenvalue weighted by molar-refractivity contribution is 8.27. The number of carbonyl (C=O) groups is 1. The second-order valence-corrected chi connectivity index (χ2v) is 13.0. The number of hydrogen-bond acceptors (Lipinski definition) is 6. The number of hydrazone groups is 1. The van der Waals surface area contributed by atoms with Crippen LogP contribution in [0.5, 0.6) is 0 Å². The van der Waals surface area contributed by atoms with E-state index in [4.69, 9.17) is 33.0 Å². The smallest absolute Gasteiger partial charge is 0.365 e. The van der Waals surface area contributed by atoms with Crippen molar-refractivity contribution < 1.29 is 9.53 Å². The van der Waals surface area contributed by atoms with Crippen LogP contribution in [-0.4, -0.2) is 17.6 Å². The molecule has 2 heterocycles. The van der Waals surface area contributed by atoms with E-state index in [9.17, 15) is 4.79 Å². The fraction of sp³-hybridized carbons (Fsp3) is 0.161. The quantitative estimate of drug-likeness (QED) is 0.218. The number of halogens is 2. The van der Waals surface area contributed by atoms with Gasteiger partial charge in [-0.15, -0.1) is 0 Å². The van der Waals surface area contributed by atoms with Crippen LogP contribution in [0.25, 0.3) is 0 Å². The molecule has 0 fully saturated rings. The molecule has 0 unspecified atom stereocenters. The molecule has 0 amide bonds. The second kappa shape index (κ2) is 10.3. The molecule has 196 valence electrons. The Balaban J connectivity index is 1.62. The third kappa shape index (κ3) is 4.34. The Morgan fingerprint density at radius 2 is 1.41 bits per heavy atom. The zero-order valence-corrected chi connectivity index (χ0v) is 24.4. The predicted molar refractivity (Wildman–Crippen MR) is 164 cm³/mol. The van der Waals surface area contributed by atoms with Crippen molar-refractivity contribution in [2.45, 2.75) is 22.8 Å². The fourth-order valence-corrected chi connectivity index (χ4v) is 8.93. The Bertz CT molecular complexity index is 1530. The lowest BCUT2D eigenvalue weighted by atomic mass is 9.82. The Hall–Kier alpha value is -2.90. The zero-order chi connectivity index (χ0) is 27.2. The van der Waals surface area contributed by atoms with Gasteiger partial charge in [0, 0.05) is 15.6 Å². The van der Waals surface area contributed by atoms with Crippen molar-refractivity contribution in [3.63, 3.8) is 0 Å². The van der Waals surface area contributed by atoms with E-state index in [2.05, 4.69) is 61.5 Å². The lowest BCUT2D eigenvalue weighted by Gasteiger charge is -2.37. The van der Waals surface area contributed by atoms with Crippen LogP contribution >= 0.6 is 46.7 Å². The number of esters is 1. The van der Waals surface area contributed by atoms with Crippen LogP contribution in [0.15, 0.2) is 102 Å². The van der Waals surface area contributed by atoms with E-state index in [0.29, 0.717) is 15.1 Å². The number of aryl methyl sites for hydroxylation is 1. The molecule has 4 aromatic rings. The first kappa shape index (κ1) is 26.3. The van der Waals surface area contributed by atoms with Crippen molar-refractivity contribution >= 4 is 63.4 Å². The first-order chi connectivity index (χ1) is 18.9. The number of fused-ring (bicyclic) bond motifs is 2. The van der Waals surface area contributed by atoms with E-state index in [1.165, 1.54) is 11.8 Å². The Morgan fingerprint density at radius 3 is 1.97 bits per heavy atom. The summed E-state index contributed by atoms with van der Waals surface area (Å²) in [5.74, 6) is -0.426. The van der Waals surface area contributed by atoms with E-state index < -0.39 is 14.9 Å². The van der Waals surface area contributed by atoms with Gasteiger partial charge in [-0.3, -0.25) is 0 Å². The lowest BCUT2D eigenvalue weighted by molar-refractivity contribution is -0.134. The molecule has 0 aliphatic carbocycles. The van der Waals surface area contributed by atoms with Crippen LogP contribution in [-0.2, 0) is 18.5 Å². The lowest BCUT2D eigenvalue weighted by Crippen LogP contribution is -2.34. The average molecular weight is 592 g/mol. The highest BCUT2D eigenvalue weighted by Gasteiger charge is 2.62. The fourth-order valence-electron chi connectivity index (χ4n) is 5.12. The summed E-state index contributed by atoms with van der Waals surface area (Å²) in [6, 6.07) is 32.6. The van der Waals surface area contributed by atoms with Gasteiger partial charge in [0.25, 0.3) is 0 Å². The van der Waals surface area contributed by atoms with Crippen LogP contribution in [0, 0.1) is 6.92 Å². The standard InChI is InChI=1S/C31H24Cl2N2O2S2/c1-3-37-29(36)28-34-35(25-18-8-20(2)9-19-25)31(38-28)27-7-5-4-6-26(27)30(39-31,21-10-14-23(32)15-11-21)22-12-16-24(33)17-13-22/h4-19H,3H2,1-2H3/t31-/m1/s1. The van der Waals surface area contributed by atoms with Gasteiger partial charge in [0.15, 0.2) is 4.20 Å². The summed E-state index contributed by atoms with van der Waals surface area (Å²) in [7, 11) is 0. The van der Waals surface area contributed by atoms with E-state index >= 15 is 0 Å². The molecule has 8 heteroatoms. The number of rotatable bonds is 5. The molecule has 0 saturated heterocycles. The van der Waals surface area contributed by atoms with Crippen molar-refractivity contribution in [3.05, 3.63) is 135 Å². The average Bonchev–Trinajstić information content (AvgIpc) is 3.47. The molecule has 4 nitrogen and oxygen atoms in total. The molecule has 1 spiro atoms. The van der Waals surface area contributed by atoms with Gasteiger partial charge >= 0.3 is 5.97 Å². The van der Waals surface area contributed by atoms with Gasteiger partial charge in [-0.05, 0) is 66.9 Å². The van der Waals surface area contributed by atoms with Gasteiger partial charge in [0.1, 0.15) is 0 Å². The summed E-state index contributed by atoms with van der Waals surface area (Å²) in [4.78, 5) is 13.1. The molecule has 1 atom stereocenters. The Labute approximate surface area is 246 Å². The zero-order valence-electron chi connectivity index (χ0n) is 21.2. The molecule has 0 aromatic heterocycles. The summed E-state index contributed by atoms with van der Waals surface area (Å²) in [5.41, 5.74) is 6.34.